The molecule has 0 aromatic heterocycles. The minimum absolute atomic E-state index is 0.360. The first-order valence-electron chi connectivity index (χ1n) is 9.65. The number of likely N-dealkylation sites (N-methyl/N-ethyl adjacent to an activating group) is 1. The highest BCUT2D eigenvalue weighted by Crippen LogP contribution is 2.34. The molecule has 0 unspecified atom stereocenters. The molecule has 1 aromatic rings. The summed E-state index contributed by atoms with van der Waals surface area (Å²) < 4.78 is 0. The van der Waals surface area contributed by atoms with Crippen LogP contribution < -0.4 is 5.32 Å². The van der Waals surface area contributed by atoms with E-state index in [1.807, 2.05) is 12.1 Å². The fourth-order valence-corrected chi connectivity index (χ4v) is 4.63. The number of hydrogen-bond donors (Lipinski definition) is 1. The molecule has 0 spiro atoms. The van der Waals surface area contributed by atoms with Gasteiger partial charge in [0.05, 0.1) is 0 Å². The zero-order valence-corrected chi connectivity index (χ0v) is 15.8. The number of nitrogens with zero attached hydrogens (tertiary/aromatic N) is 2. The number of rotatable bonds is 6. The lowest BCUT2D eigenvalue weighted by Crippen LogP contribution is -2.61. The third-order valence-corrected chi connectivity index (χ3v) is 6.37. The molecule has 4 heteroatoms. The Morgan fingerprint density at radius 2 is 1.75 bits per heavy atom. The maximum Gasteiger partial charge on any atom is 0.0450 e. The molecule has 1 saturated heterocycles. The van der Waals surface area contributed by atoms with E-state index < -0.39 is 0 Å². The molecule has 1 heterocycles. The molecule has 1 saturated carbocycles. The molecule has 24 heavy (non-hydrogen) atoms. The Hall–Kier alpha value is -0.610. The van der Waals surface area contributed by atoms with Gasteiger partial charge >= 0.3 is 0 Å². The van der Waals surface area contributed by atoms with Crippen LogP contribution in [0.5, 0.6) is 0 Å². The number of halogens is 1. The van der Waals surface area contributed by atoms with Crippen LogP contribution in [0.1, 0.15) is 44.6 Å². The molecule has 1 aliphatic carbocycles. The van der Waals surface area contributed by atoms with Crippen molar-refractivity contribution < 1.29 is 0 Å². The van der Waals surface area contributed by atoms with Crippen molar-refractivity contribution in [3.05, 3.63) is 34.9 Å². The van der Waals surface area contributed by atoms with Crippen LogP contribution in [0, 0.1) is 0 Å². The first-order chi connectivity index (χ1) is 11.7. The standard InChI is InChI=1S/C20H32ClN3/c1-2-23-12-14-24(15-13-23)20(10-6-3-7-11-20)17-22-16-18-8-4-5-9-19(18)21/h4-5,8-9,22H,2-3,6-7,10-17H2,1H3. The Morgan fingerprint density at radius 3 is 2.42 bits per heavy atom. The summed E-state index contributed by atoms with van der Waals surface area (Å²) in [4.78, 5) is 5.36. The van der Waals surface area contributed by atoms with Gasteiger partial charge in [0.1, 0.15) is 0 Å². The number of hydrogen-bond acceptors (Lipinski definition) is 3. The van der Waals surface area contributed by atoms with Crippen LogP contribution in [0.2, 0.25) is 5.02 Å². The molecule has 0 atom stereocenters. The minimum atomic E-state index is 0.360. The molecule has 134 valence electrons. The summed E-state index contributed by atoms with van der Waals surface area (Å²) in [5.74, 6) is 0. The quantitative estimate of drug-likeness (QED) is 0.843. The molecular weight excluding hydrogens is 318 g/mol. The molecule has 0 radical (unpaired) electrons. The predicted octanol–water partition coefficient (Wildman–Crippen LogP) is 3.77. The van der Waals surface area contributed by atoms with Gasteiger partial charge in [-0.05, 0) is 31.0 Å². The molecular formula is C20H32ClN3. The van der Waals surface area contributed by atoms with Crippen LogP contribution in [-0.2, 0) is 6.54 Å². The van der Waals surface area contributed by atoms with Gasteiger partial charge in [0.25, 0.3) is 0 Å². The smallest absolute Gasteiger partial charge is 0.0450 e. The number of benzene rings is 1. The van der Waals surface area contributed by atoms with E-state index in [1.165, 1.54) is 70.4 Å². The van der Waals surface area contributed by atoms with Crippen LogP contribution in [0.4, 0.5) is 0 Å². The molecule has 2 fully saturated rings. The van der Waals surface area contributed by atoms with E-state index >= 15 is 0 Å². The Kier molecular flexibility index (Phi) is 6.56. The second-order valence-electron chi connectivity index (χ2n) is 7.40. The Bertz CT molecular complexity index is 505. The molecule has 2 aliphatic rings. The van der Waals surface area contributed by atoms with E-state index in [2.05, 4.69) is 34.2 Å². The lowest BCUT2D eigenvalue weighted by molar-refractivity contribution is 0.00883. The van der Waals surface area contributed by atoms with Crippen molar-refractivity contribution in [1.82, 2.24) is 15.1 Å². The van der Waals surface area contributed by atoms with Gasteiger partial charge in [0.15, 0.2) is 0 Å². The van der Waals surface area contributed by atoms with Crippen LogP contribution in [0.15, 0.2) is 24.3 Å². The van der Waals surface area contributed by atoms with Gasteiger partial charge in [0, 0.05) is 49.8 Å². The van der Waals surface area contributed by atoms with Crippen molar-refractivity contribution in [2.45, 2.75) is 51.1 Å². The van der Waals surface area contributed by atoms with Gasteiger partial charge in [-0.3, -0.25) is 4.90 Å². The molecule has 3 rings (SSSR count). The Morgan fingerprint density at radius 1 is 1.04 bits per heavy atom. The van der Waals surface area contributed by atoms with Crippen molar-refractivity contribution in [3.8, 4) is 0 Å². The van der Waals surface area contributed by atoms with Gasteiger partial charge < -0.3 is 10.2 Å². The van der Waals surface area contributed by atoms with Gasteiger partial charge in [-0.2, -0.15) is 0 Å². The van der Waals surface area contributed by atoms with Crippen molar-refractivity contribution >= 4 is 11.6 Å². The Balaban J connectivity index is 1.60. The van der Waals surface area contributed by atoms with Crippen LogP contribution in [-0.4, -0.2) is 54.6 Å². The summed E-state index contributed by atoms with van der Waals surface area (Å²) in [6.07, 6.45) is 6.84. The molecule has 1 N–H and O–H groups in total. The summed E-state index contributed by atoms with van der Waals surface area (Å²) in [7, 11) is 0. The SMILES string of the molecule is CCN1CCN(C2(CNCc3ccccc3Cl)CCCCC2)CC1. The highest BCUT2D eigenvalue weighted by molar-refractivity contribution is 6.31. The molecule has 1 aromatic carbocycles. The zero-order chi connectivity index (χ0) is 16.8. The van der Waals surface area contributed by atoms with E-state index in [4.69, 9.17) is 11.6 Å². The zero-order valence-electron chi connectivity index (χ0n) is 15.1. The Labute approximate surface area is 152 Å². The third kappa shape index (κ3) is 4.32. The maximum atomic E-state index is 6.31. The normalized spacial score (nSPS) is 22.6. The van der Waals surface area contributed by atoms with Crippen molar-refractivity contribution in [3.63, 3.8) is 0 Å². The van der Waals surface area contributed by atoms with Crippen LogP contribution in [0.3, 0.4) is 0 Å². The lowest BCUT2D eigenvalue weighted by Gasteiger charge is -2.50. The third-order valence-electron chi connectivity index (χ3n) is 6.00. The summed E-state index contributed by atoms with van der Waals surface area (Å²) in [5, 5.41) is 4.61. The number of nitrogens with one attached hydrogen (secondary N) is 1. The van der Waals surface area contributed by atoms with Crippen molar-refractivity contribution in [2.24, 2.45) is 0 Å². The van der Waals surface area contributed by atoms with Crippen molar-refractivity contribution in [1.29, 1.82) is 0 Å². The number of piperazine rings is 1. The average molecular weight is 350 g/mol. The topological polar surface area (TPSA) is 18.5 Å². The van der Waals surface area contributed by atoms with Gasteiger partial charge in [-0.15, -0.1) is 0 Å². The van der Waals surface area contributed by atoms with Gasteiger partial charge in [0.2, 0.25) is 0 Å². The van der Waals surface area contributed by atoms with Gasteiger partial charge in [-0.1, -0.05) is 56.0 Å². The summed E-state index contributed by atoms with van der Waals surface area (Å²) >= 11 is 6.31. The first kappa shape index (κ1) is 18.2. The van der Waals surface area contributed by atoms with Crippen LogP contribution in [0.25, 0.3) is 0 Å². The summed E-state index contributed by atoms with van der Waals surface area (Å²) in [5.41, 5.74) is 1.57. The molecule has 3 nitrogen and oxygen atoms in total. The average Bonchev–Trinajstić information content (AvgIpc) is 2.64. The predicted molar refractivity (Wildman–Crippen MR) is 103 cm³/mol. The van der Waals surface area contributed by atoms with E-state index in [1.54, 1.807) is 0 Å². The summed E-state index contributed by atoms with van der Waals surface area (Å²) in [6.45, 7) is 10.3. The van der Waals surface area contributed by atoms with Crippen molar-refractivity contribution in [2.75, 3.05) is 39.3 Å². The molecule has 0 bridgehead atoms. The van der Waals surface area contributed by atoms with Crippen LogP contribution >= 0.6 is 11.6 Å². The maximum absolute atomic E-state index is 6.31. The lowest BCUT2D eigenvalue weighted by atomic mass is 9.79. The minimum Gasteiger partial charge on any atom is -0.311 e. The first-order valence-corrected chi connectivity index (χ1v) is 10.0. The highest BCUT2D eigenvalue weighted by Gasteiger charge is 2.38. The monoisotopic (exact) mass is 349 g/mol. The van der Waals surface area contributed by atoms with E-state index in [9.17, 15) is 0 Å². The second-order valence-corrected chi connectivity index (χ2v) is 7.81. The van der Waals surface area contributed by atoms with E-state index in [0.29, 0.717) is 5.54 Å². The molecule has 1 aliphatic heterocycles. The second kappa shape index (κ2) is 8.66. The van der Waals surface area contributed by atoms with E-state index in [0.717, 1.165) is 18.1 Å². The largest absolute Gasteiger partial charge is 0.311 e. The van der Waals surface area contributed by atoms with E-state index in [-0.39, 0.29) is 0 Å². The highest BCUT2D eigenvalue weighted by atomic mass is 35.5. The van der Waals surface area contributed by atoms with Gasteiger partial charge in [-0.25, -0.2) is 0 Å². The fourth-order valence-electron chi connectivity index (χ4n) is 4.42. The molecule has 0 amide bonds. The fraction of sp³-hybridized carbons (Fsp3) is 0.700. The summed E-state index contributed by atoms with van der Waals surface area (Å²) in [6, 6.07) is 8.19.